The van der Waals surface area contributed by atoms with E-state index in [2.05, 4.69) is 5.38 Å². The van der Waals surface area contributed by atoms with Gasteiger partial charge in [0.15, 0.2) is 0 Å². The highest BCUT2D eigenvalue weighted by atomic mass is 35.5. The van der Waals surface area contributed by atoms with Crippen LogP contribution in [0.15, 0.2) is 22.2 Å². The maximum Gasteiger partial charge on any atom is 0.0778 e. The van der Waals surface area contributed by atoms with Gasteiger partial charge in [0.2, 0.25) is 0 Å². The van der Waals surface area contributed by atoms with Crippen LogP contribution in [-0.4, -0.2) is 0 Å². The van der Waals surface area contributed by atoms with Crippen molar-refractivity contribution >= 4 is 45.9 Å². The van der Waals surface area contributed by atoms with Gasteiger partial charge >= 0.3 is 0 Å². The predicted molar refractivity (Wildman–Crippen MR) is 57.7 cm³/mol. The third-order valence-corrected chi connectivity index (χ3v) is 4.21. The Bertz CT molecular complexity index is 376. The molecule has 0 aliphatic heterocycles. The molecule has 0 saturated carbocycles. The molecule has 0 nitrogen and oxygen atoms in total. The van der Waals surface area contributed by atoms with E-state index in [4.69, 9.17) is 23.2 Å². The summed E-state index contributed by atoms with van der Waals surface area (Å²) in [6.07, 6.45) is 0. The number of thiophene rings is 2. The normalized spacial score (nSPS) is 10.5. The highest BCUT2D eigenvalue weighted by molar-refractivity contribution is 7.15. The third kappa shape index (κ3) is 1.40. The minimum absolute atomic E-state index is 0.642. The number of hydrogen-bond acceptors (Lipinski definition) is 2. The lowest BCUT2D eigenvalue weighted by atomic mass is 10.3. The van der Waals surface area contributed by atoms with Crippen LogP contribution in [0.4, 0.5) is 0 Å². The molecule has 2 aromatic rings. The first-order valence-corrected chi connectivity index (χ1v) is 5.82. The maximum atomic E-state index is 5.98. The first kappa shape index (κ1) is 8.57. The van der Waals surface area contributed by atoms with Gasteiger partial charge in [-0.15, -0.1) is 11.3 Å². The monoisotopic (exact) mass is 234 g/mol. The van der Waals surface area contributed by atoms with E-state index >= 15 is 0 Å². The highest BCUT2D eigenvalue weighted by Gasteiger charge is 2.09. The van der Waals surface area contributed by atoms with Crippen molar-refractivity contribution in [2.75, 3.05) is 0 Å². The second kappa shape index (κ2) is 3.38. The number of rotatable bonds is 1. The van der Waals surface area contributed by atoms with Crippen LogP contribution < -0.4 is 0 Å². The lowest BCUT2D eigenvalue weighted by molar-refractivity contribution is 1.88. The van der Waals surface area contributed by atoms with E-state index in [-0.39, 0.29) is 0 Å². The van der Waals surface area contributed by atoms with Crippen molar-refractivity contribution in [3.8, 4) is 10.4 Å². The molecule has 0 amide bonds. The molecule has 0 spiro atoms. The summed E-state index contributed by atoms with van der Waals surface area (Å²) in [5.41, 5.74) is 1.15. The van der Waals surface area contributed by atoms with E-state index in [0.29, 0.717) is 10.0 Å². The molecule has 12 heavy (non-hydrogen) atoms. The second-order valence-electron chi connectivity index (χ2n) is 2.24. The molecule has 62 valence electrons. The van der Waals surface area contributed by atoms with E-state index in [1.54, 1.807) is 22.7 Å². The summed E-state index contributed by atoms with van der Waals surface area (Å²) in [5, 5.41) is 7.26. The largest absolute Gasteiger partial charge is 0.152 e. The van der Waals surface area contributed by atoms with Crippen molar-refractivity contribution < 1.29 is 0 Å². The van der Waals surface area contributed by atoms with Gasteiger partial charge in [0.05, 0.1) is 14.9 Å². The average Bonchev–Trinajstić information content (AvgIpc) is 2.64. The van der Waals surface area contributed by atoms with E-state index < -0.39 is 0 Å². The molecule has 2 aromatic heterocycles. The quantitative estimate of drug-likeness (QED) is 0.667. The van der Waals surface area contributed by atoms with Gasteiger partial charge in [0.1, 0.15) is 0 Å². The molecular weight excluding hydrogens is 231 g/mol. The zero-order chi connectivity index (χ0) is 8.55. The molecule has 2 rings (SSSR count). The van der Waals surface area contributed by atoms with Crippen LogP contribution in [0.1, 0.15) is 0 Å². The van der Waals surface area contributed by atoms with Crippen molar-refractivity contribution in [3.05, 3.63) is 32.3 Å². The molecule has 0 unspecified atom stereocenters. The van der Waals surface area contributed by atoms with Crippen molar-refractivity contribution in [1.29, 1.82) is 0 Å². The zero-order valence-corrected chi connectivity index (χ0v) is 9.03. The Hall–Kier alpha value is -0.0200. The molecule has 0 aromatic carbocycles. The van der Waals surface area contributed by atoms with Crippen LogP contribution >= 0.6 is 45.9 Å². The standard InChI is InChI=1S/C8H4Cl2S2/c9-6-4-12-8(7(6)10)5-1-2-11-3-5/h1-4H. The fraction of sp³-hybridized carbons (Fsp3) is 0. The van der Waals surface area contributed by atoms with E-state index in [1.807, 2.05) is 16.8 Å². The first-order valence-electron chi connectivity index (χ1n) is 3.24. The molecule has 2 heterocycles. The predicted octanol–water partition coefficient (Wildman–Crippen LogP) is 4.78. The summed E-state index contributed by atoms with van der Waals surface area (Å²) in [6, 6.07) is 2.04. The summed E-state index contributed by atoms with van der Waals surface area (Å²) in [4.78, 5) is 1.06. The topological polar surface area (TPSA) is 0 Å². The van der Waals surface area contributed by atoms with Crippen LogP contribution in [0.2, 0.25) is 10.0 Å². The van der Waals surface area contributed by atoms with Crippen molar-refractivity contribution in [2.45, 2.75) is 0 Å². The smallest absolute Gasteiger partial charge is 0.0778 e. The molecule has 0 aliphatic carbocycles. The average molecular weight is 235 g/mol. The van der Waals surface area contributed by atoms with Gasteiger partial charge in [-0.25, -0.2) is 0 Å². The van der Waals surface area contributed by atoms with Crippen molar-refractivity contribution in [3.63, 3.8) is 0 Å². The second-order valence-corrected chi connectivity index (χ2v) is 4.68. The van der Waals surface area contributed by atoms with Gasteiger partial charge in [-0.05, 0) is 16.8 Å². The highest BCUT2D eigenvalue weighted by Crippen LogP contribution is 2.39. The Kier molecular flexibility index (Phi) is 2.42. The number of halogens is 2. The number of hydrogen-bond donors (Lipinski definition) is 0. The molecule has 4 heteroatoms. The molecule has 0 bridgehead atoms. The Labute approximate surface area is 88.4 Å². The van der Waals surface area contributed by atoms with Crippen LogP contribution in [0.5, 0.6) is 0 Å². The summed E-state index contributed by atoms with van der Waals surface area (Å²) in [6.45, 7) is 0. The Morgan fingerprint density at radius 1 is 1.17 bits per heavy atom. The van der Waals surface area contributed by atoms with Gasteiger partial charge < -0.3 is 0 Å². The molecule has 0 radical (unpaired) electrons. The Morgan fingerprint density at radius 2 is 2.00 bits per heavy atom. The van der Waals surface area contributed by atoms with Gasteiger partial charge in [-0.1, -0.05) is 23.2 Å². The molecule has 0 N–H and O–H groups in total. The molecule has 0 fully saturated rings. The SMILES string of the molecule is Clc1csc(-c2ccsc2)c1Cl. The van der Waals surface area contributed by atoms with Crippen LogP contribution in [0.3, 0.4) is 0 Å². The summed E-state index contributed by atoms with van der Waals surface area (Å²) >= 11 is 15.0. The lowest BCUT2D eigenvalue weighted by Gasteiger charge is -1.91. The minimum Gasteiger partial charge on any atom is -0.152 e. The third-order valence-electron chi connectivity index (χ3n) is 1.47. The molecule has 0 atom stereocenters. The Balaban J connectivity index is 2.55. The zero-order valence-electron chi connectivity index (χ0n) is 5.88. The van der Waals surface area contributed by atoms with E-state index in [0.717, 1.165) is 10.4 Å². The fourth-order valence-electron chi connectivity index (χ4n) is 0.911. The summed E-state index contributed by atoms with van der Waals surface area (Å²) in [5.74, 6) is 0. The van der Waals surface area contributed by atoms with E-state index in [9.17, 15) is 0 Å². The maximum absolute atomic E-state index is 5.98. The van der Waals surface area contributed by atoms with Crippen LogP contribution in [-0.2, 0) is 0 Å². The molecule has 0 saturated heterocycles. The van der Waals surface area contributed by atoms with Crippen molar-refractivity contribution in [1.82, 2.24) is 0 Å². The van der Waals surface area contributed by atoms with Gasteiger partial charge in [-0.3, -0.25) is 0 Å². The van der Waals surface area contributed by atoms with Gasteiger partial charge in [-0.2, -0.15) is 11.3 Å². The van der Waals surface area contributed by atoms with E-state index in [1.165, 1.54) is 0 Å². The van der Waals surface area contributed by atoms with Gasteiger partial charge in [0.25, 0.3) is 0 Å². The first-order chi connectivity index (χ1) is 5.79. The van der Waals surface area contributed by atoms with Crippen LogP contribution in [0, 0.1) is 0 Å². The van der Waals surface area contributed by atoms with Gasteiger partial charge in [0, 0.05) is 10.9 Å². The summed E-state index contributed by atoms with van der Waals surface area (Å²) in [7, 11) is 0. The molecule has 0 aliphatic rings. The minimum atomic E-state index is 0.642. The summed E-state index contributed by atoms with van der Waals surface area (Å²) < 4.78 is 0. The Morgan fingerprint density at radius 3 is 2.50 bits per heavy atom. The molecular formula is C8H4Cl2S2. The van der Waals surface area contributed by atoms with Crippen LogP contribution in [0.25, 0.3) is 10.4 Å². The fourth-order valence-corrected chi connectivity index (χ4v) is 3.09. The van der Waals surface area contributed by atoms with Crippen molar-refractivity contribution in [2.24, 2.45) is 0 Å². The lowest BCUT2D eigenvalue weighted by Crippen LogP contribution is -1.64.